The van der Waals surface area contributed by atoms with Crippen LogP contribution in [0.4, 0.5) is 8.78 Å². The van der Waals surface area contributed by atoms with Crippen LogP contribution in [0.5, 0.6) is 0 Å². The Balaban J connectivity index is 2.36. The average molecular weight is 188 g/mol. The second-order valence-electron chi connectivity index (χ2n) is 3.86. The Labute approximate surface area is 77.1 Å². The van der Waals surface area contributed by atoms with Crippen LogP contribution in [0.2, 0.25) is 0 Å². The molecule has 0 saturated carbocycles. The molecule has 0 aromatic rings. The molecular formula is C9H14F2N2. The summed E-state index contributed by atoms with van der Waals surface area (Å²) in [7, 11) is 0. The minimum atomic E-state index is -2.26. The van der Waals surface area contributed by atoms with E-state index in [9.17, 15) is 8.78 Å². The largest absolute Gasteiger partial charge is 0.298 e. The van der Waals surface area contributed by atoms with Crippen LogP contribution in [-0.2, 0) is 0 Å². The van der Waals surface area contributed by atoms with E-state index in [1.54, 1.807) is 4.90 Å². The van der Waals surface area contributed by atoms with Crippen LogP contribution < -0.4 is 0 Å². The van der Waals surface area contributed by atoms with Gasteiger partial charge < -0.3 is 0 Å². The Bertz CT molecular complexity index is 202. The van der Waals surface area contributed by atoms with Gasteiger partial charge in [0.1, 0.15) is 0 Å². The number of likely N-dealkylation sites (tertiary alicyclic amines) is 1. The first-order valence-electron chi connectivity index (χ1n) is 4.47. The molecular weight excluding hydrogens is 174 g/mol. The summed E-state index contributed by atoms with van der Waals surface area (Å²) >= 11 is 0. The number of nitriles is 1. The molecule has 1 heterocycles. The molecule has 1 saturated heterocycles. The highest BCUT2D eigenvalue weighted by molar-refractivity contribution is 4.98. The smallest absolute Gasteiger partial charge is 0.251 e. The van der Waals surface area contributed by atoms with E-state index in [1.165, 1.54) is 0 Å². The SMILES string of the molecule is CC1(C#N)CCN(CC(F)F)CC1. The number of nitrogens with zero attached hydrogens (tertiary/aromatic N) is 2. The Kier molecular flexibility index (Phi) is 3.21. The summed E-state index contributed by atoms with van der Waals surface area (Å²) in [6, 6.07) is 2.24. The molecule has 0 amide bonds. The number of hydrogen-bond acceptors (Lipinski definition) is 2. The van der Waals surface area contributed by atoms with Gasteiger partial charge in [-0.05, 0) is 32.9 Å². The van der Waals surface area contributed by atoms with Gasteiger partial charge in [-0.2, -0.15) is 5.26 Å². The lowest BCUT2D eigenvalue weighted by atomic mass is 9.82. The highest BCUT2D eigenvalue weighted by atomic mass is 19.3. The fourth-order valence-electron chi connectivity index (χ4n) is 1.54. The molecule has 0 aliphatic carbocycles. The molecule has 0 N–H and O–H groups in total. The first-order chi connectivity index (χ1) is 6.06. The predicted octanol–water partition coefficient (Wildman–Crippen LogP) is 1.88. The maximum atomic E-state index is 12.0. The summed E-state index contributed by atoms with van der Waals surface area (Å²) < 4.78 is 24.0. The fraction of sp³-hybridized carbons (Fsp3) is 0.889. The minimum absolute atomic E-state index is 0.151. The zero-order chi connectivity index (χ0) is 9.90. The van der Waals surface area contributed by atoms with Crippen molar-refractivity contribution in [1.82, 2.24) is 4.90 Å². The third-order valence-corrected chi connectivity index (χ3v) is 2.63. The highest BCUT2D eigenvalue weighted by Gasteiger charge is 2.30. The number of rotatable bonds is 2. The molecule has 2 nitrogen and oxygen atoms in total. The summed E-state index contributed by atoms with van der Waals surface area (Å²) in [6.45, 7) is 2.98. The fourth-order valence-corrected chi connectivity index (χ4v) is 1.54. The first-order valence-corrected chi connectivity index (χ1v) is 4.47. The molecule has 0 spiro atoms. The Morgan fingerprint density at radius 1 is 1.46 bits per heavy atom. The van der Waals surface area contributed by atoms with Crippen LogP contribution in [0, 0.1) is 16.7 Å². The minimum Gasteiger partial charge on any atom is -0.298 e. The zero-order valence-corrected chi connectivity index (χ0v) is 7.76. The molecule has 1 aliphatic heterocycles. The monoisotopic (exact) mass is 188 g/mol. The maximum absolute atomic E-state index is 12.0. The first kappa shape index (κ1) is 10.4. The van der Waals surface area contributed by atoms with Crippen LogP contribution in [0.25, 0.3) is 0 Å². The van der Waals surface area contributed by atoms with Gasteiger partial charge in [-0.25, -0.2) is 8.78 Å². The third-order valence-electron chi connectivity index (χ3n) is 2.63. The molecule has 1 rings (SSSR count). The molecule has 74 valence electrons. The lowest BCUT2D eigenvalue weighted by Gasteiger charge is -2.34. The van der Waals surface area contributed by atoms with Gasteiger partial charge in [0.2, 0.25) is 0 Å². The van der Waals surface area contributed by atoms with E-state index in [0.29, 0.717) is 25.9 Å². The van der Waals surface area contributed by atoms with Gasteiger partial charge in [0.05, 0.1) is 18.0 Å². The van der Waals surface area contributed by atoms with E-state index >= 15 is 0 Å². The number of piperidine rings is 1. The Hall–Kier alpha value is -0.690. The number of alkyl halides is 2. The molecule has 1 aliphatic rings. The van der Waals surface area contributed by atoms with Crippen molar-refractivity contribution in [2.75, 3.05) is 19.6 Å². The second-order valence-corrected chi connectivity index (χ2v) is 3.86. The van der Waals surface area contributed by atoms with E-state index in [2.05, 4.69) is 6.07 Å². The molecule has 0 aromatic heterocycles. The van der Waals surface area contributed by atoms with E-state index in [1.807, 2.05) is 6.92 Å². The Morgan fingerprint density at radius 2 is 2.00 bits per heavy atom. The zero-order valence-electron chi connectivity index (χ0n) is 7.76. The highest BCUT2D eigenvalue weighted by Crippen LogP contribution is 2.29. The maximum Gasteiger partial charge on any atom is 0.251 e. The van der Waals surface area contributed by atoms with Crippen LogP contribution in [0.1, 0.15) is 19.8 Å². The van der Waals surface area contributed by atoms with Gasteiger partial charge in [0.15, 0.2) is 0 Å². The van der Waals surface area contributed by atoms with Crippen LogP contribution >= 0.6 is 0 Å². The quantitative estimate of drug-likeness (QED) is 0.661. The lowest BCUT2D eigenvalue weighted by Crippen LogP contribution is -2.40. The third kappa shape index (κ3) is 2.92. The van der Waals surface area contributed by atoms with Gasteiger partial charge in [-0.15, -0.1) is 0 Å². The number of hydrogen-bond donors (Lipinski definition) is 0. The predicted molar refractivity (Wildman–Crippen MR) is 45.4 cm³/mol. The van der Waals surface area contributed by atoms with Crippen molar-refractivity contribution < 1.29 is 8.78 Å². The standard InChI is InChI=1S/C9H14F2N2/c1-9(7-12)2-4-13(5-3-9)6-8(10)11/h8H,2-6H2,1H3. The summed E-state index contributed by atoms with van der Waals surface area (Å²) in [5.41, 5.74) is -0.293. The second kappa shape index (κ2) is 4.01. The van der Waals surface area contributed by atoms with Crippen molar-refractivity contribution in [2.45, 2.75) is 26.2 Å². The van der Waals surface area contributed by atoms with E-state index in [-0.39, 0.29) is 12.0 Å². The molecule has 1 fully saturated rings. The molecule has 0 unspecified atom stereocenters. The molecule has 4 heteroatoms. The topological polar surface area (TPSA) is 27.0 Å². The summed E-state index contributed by atoms with van der Waals surface area (Å²) in [6.07, 6.45) is -0.849. The molecule has 13 heavy (non-hydrogen) atoms. The van der Waals surface area contributed by atoms with E-state index in [4.69, 9.17) is 5.26 Å². The van der Waals surface area contributed by atoms with Gasteiger partial charge in [0.25, 0.3) is 6.43 Å². The summed E-state index contributed by atoms with van der Waals surface area (Å²) in [5, 5.41) is 8.80. The van der Waals surface area contributed by atoms with Gasteiger partial charge in [-0.1, -0.05) is 0 Å². The molecule has 0 bridgehead atoms. The summed E-state index contributed by atoms with van der Waals surface area (Å²) in [4.78, 5) is 1.73. The molecule has 0 atom stereocenters. The normalized spacial score (nSPS) is 23.0. The Morgan fingerprint density at radius 3 is 2.38 bits per heavy atom. The van der Waals surface area contributed by atoms with Gasteiger partial charge in [0, 0.05) is 0 Å². The van der Waals surface area contributed by atoms with Crippen LogP contribution in [-0.4, -0.2) is 31.0 Å². The van der Waals surface area contributed by atoms with Crippen molar-refractivity contribution in [3.63, 3.8) is 0 Å². The van der Waals surface area contributed by atoms with E-state index in [0.717, 1.165) is 0 Å². The average Bonchev–Trinajstić information content (AvgIpc) is 2.09. The van der Waals surface area contributed by atoms with Crippen LogP contribution in [0.15, 0.2) is 0 Å². The van der Waals surface area contributed by atoms with Crippen molar-refractivity contribution in [3.05, 3.63) is 0 Å². The van der Waals surface area contributed by atoms with Gasteiger partial charge in [-0.3, -0.25) is 4.90 Å². The number of halogens is 2. The van der Waals surface area contributed by atoms with Crippen molar-refractivity contribution >= 4 is 0 Å². The van der Waals surface area contributed by atoms with E-state index < -0.39 is 6.43 Å². The van der Waals surface area contributed by atoms with Crippen molar-refractivity contribution in [3.8, 4) is 6.07 Å². The van der Waals surface area contributed by atoms with Gasteiger partial charge >= 0.3 is 0 Å². The van der Waals surface area contributed by atoms with Crippen LogP contribution in [0.3, 0.4) is 0 Å². The summed E-state index contributed by atoms with van der Waals surface area (Å²) in [5.74, 6) is 0. The van der Waals surface area contributed by atoms with Crippen molar-refractivity contribution in [2.24, 2.45) is 5.41 Å². The molecule has 0 aromatic carbocycles. The lowest BCUT2D eigenvalue weighted by molar-refractivity contribution is 0.0615. The molecule has 0 radical (unpaired) electrons. The van der Waals surface area contributed by atoms with Crippen molar-refractivity contribution in [1.29, 1.82) is 5.26 Å².